The molecule has 0 aliphatic heterocycles. The van der Waals surface area contributed by atoms with Crippen molar-refractivity contribution in [2.45, 2.75) is 6.04 Å². The highest BCUT2D eigenvalue weighted by Gasteiger charge is 2.13. The van der Waals surface area contributed by atoms with Gasteiger partial charge in [-0.15, -0.1) is 0 Å². The van der Waals surface area contributed by atoms with E-state index < -0.39 is 6.04 Å². The van der Waals surface area contributed by atoms with Crippen LogP contribution in [0, 0.1) is 0 Å². The van der Waals surface area contributed by atoms with Gasteiger partial charge in [-0.05, 0) is 0 Å². The van der Waals surface area contributed by atoms with E-state index in [2.05, 4.69) is 5.23 Å². The zero-order chi connectivity index (χ0) is 13.2. The normalized spacial score (nSPS) is 11.9. The van der Waals surface area contributed by atoms with Crippen molar-refractivity contribution in [2.75, 3.05) is 18.1 Å². The van der Waals surface area contributed by atoms with Crippen molar-refractivity contribution in [1.82, 2.24) is 5.23 Å². The molecule has 0 saturated heterocycles. The largest absolute Gasteiger partial charge is 0.396 e. The van der Waals surface area contributed by atoms with E-state index >= 15 is 0 Å². The van der Waals surface area contributed by atoms with Crippen molar-refractivity contribution in [1.29, 1.82) is 0 Å². The molecule has 0 aromatic heterocycles. The van der Waals surface area contributed by atoms with Crippen LogP contribution < -0.4 is 22.2 Å². The van der Waals surface area contributed by atoms with Gasteiger partial charge in [-0.1, -0.05) is 57.4 Å². The second-order valence-corrected chi connectivity index (χ2v) is 6.33. The number of carbonyl (C=O) groups excluding carboxylic acids is 1. The number of hydrogen-bond acceptors (Lipinski definition) is 5. The highest BCUT2D eigenvalue weighted by atomic mass is 33.1. The molecule has 7 heteroatoms. The van der Waals surface area contributed by atoms with Crippen LogP contribution in [0.5, 0.6) is 0 Å². The highest BCUT2D eigenvalue weighted by Crippen LogP contribution is 2.20. The molecule has 0 fully saturated rings. The summed E-state index contributed by atoms with van der Waals surface area (Å²) in [6.07, 6.45) is 0. The molecule has 0 spiro atoms. The molecule has 0 aliphatic rings. The van der Waals surface area contributed by atoms with E-state index in [4.69, 9.17) is 11.5 Å². The number of carbonyl (C=O) groups is 1. The monoisotopic (exact) mass is 283 g/mol. The maximum atomic E-state index is 11.7. The molecular weight excluding hydrogens is 265 g/mol. The van der Waals surface area contributed by atoms with Crippen molar-refractivity contribution in [3.8, 4) is 0 Å². The fourth-order valence-corrected chi connectivity index (χ4v) is 3.20. The van der Waals surface area contributed by atoms with E-state index in [9.17, 15) is 4.79 Å². The molecule has 0 radical (unpaired) electrons. The molecule has 5 N–H and O–H groups in total. The summed E-state index contributed by atoms with van der Waals surface area (Å²) in [6, 6.07) is 9.31. The maximum Gasteiger partial charge on any atom is 0.269 e. The van der Waals surface area contributed by atoms with Gasteiger partial charge in [-0.25, -0.2) is 0 Å². The molecule has 0 aliphatic carbocycles. The van der Waals surface area contributed by atoms with Crippen molar-refractivity contribution in [3.05, 3.63) is 30.3 Å². The summed E-state index contributed by atoms with van der Waals surface area (Å²) in [5.41, 5.74) is 12.2. The van der Waals surface area contributed by atoms with Crippen molar-refractivity contribution >= 4 is 40.4 Å². The van der Waals surface area contributed by atoms with Gasteiger partial charge in [-0.2, -0.15) is 0 Å². The number of rotatable bonds is 8. The molecule has 1 unspecified atom stereocenters. The minimum atomic E-state index is -0.469. The van der Waals surface area contributed by atoms with Crippen LogP contribution in [0.15, 0.2) is 30.3 Å². The average molecular weight is 283 g/mol. The Labute approximate surface area is 116 Å². The Balaban J connectivity index is 2.19. The summed E-state index contributed by atoms with van der Waals surface area (Å²) in [4.78, 5) is 11.7. The average Bonchev–Trinajstić information content (AvgIpc) is 2.42. The molecule has 1 aromatic rings. The molecular formula is C11H18BN3OS2. The summed E-state index contributed by atoms with van der Waals surface area (Å²) >= 11 is 0. The van der Waals surface area contributed by atoms with Gasteiger partial charge in [0.25, 0.3) is 7.41 Å². The van der Waals surface area contributed by atoms with E-state index in [0.29, 0.717) is 19.7 Å². The van der Waals surface area contributed by atoms with Crippen LogP contribution in [0.3, 0.4) is 0 Å². The van der Waals surface area contributed by atoms with Gasteiger partial charge < -0.3 is 16.7 Å². The Morgan fingerprint density at radius 2 is 2.06 bits per heavy atom. The lowest BCUT2D eigenvalue weighted by Crippen LogP contribution is -2.46. The first-order chi connectivity index (χ1) is 8.74. The predicted molar refractivity (Wildman–Crippen MR) is 83.3 cm³/mol. The van der Waals surface area contributed by atoms with Crippen molar-refractivity contribution < 1.29 is 4.79 Å². The number of nitrogens with one attached hydrogen (secondary N) is 1. The molecule has 1 aromatic carbocycles. The SMILES string of the molecule is NCCSSCC(N)C(=O)NBc1ccccc1. The molecule has 1 rings (SSSR count). The summed E-state index contributed by atoms with van der Waals surface area (Å²) in [5.74, 6) is 1.37. The molecule has 1 amide bonds. The Bertz CT molecular complexity index is 353. The second-order valence-electron chi connectivity index (χ2n) is 3.71. The number of hydrogen-bond donors (Lipinski definition) is 3. The Morgan fingerprint density at radius 3 is 2.72 bits per heavy atom. The van der Waals surface area contributed by atoms with Crippen LogP contribution in [0.2, 0.25) is 0 Å². The first kappa shape index (κ1) is 15.4. The fourth-order valence-electron chi connectivity index (χ4n) is 1.22. The van der Waals surface area contributed by atoms with Gasteiger partial charge in [0.15, 0.2) is 0 Å². The second kappa shape index (κ2) is 9.32. The van der Waals surface area contributed by atoms with E-state index in [1.54, 1.807) is 21.6 Å². The number of amides is 1. The minimum absolute atomic E-state index is 0.111. The first-order valence-corrected chi connectivity index (χ1v) is 8.24. The third-order valence-corrected chi connectivity index (χ3v) is 4.65. The van der Waals surface area contributed by atoms with E-state index in [0.717, 1.165) is 11.2 Å². The lowest BCUT2D eigenvalue weighted by atomic mass is 9.83. The van der Waals surface area contributed by atoms with Gasteiger partial charge in [0.05, 0.1) is 6.04 Å². The predicted octanol–water partition coefficient (Wildman–Crippen LogP) is -0.553. The van der Waals surface area contributed by atoms with E-state index in [-0.39, 0.29) is 5.91 Å². The lowest BCUT2D eigenvalue weighted by Gasteiger charge is -2.11. The Hall–Kier alpha value is -0.625. The maximum absolute atomic E-state index is 11.7. The van der Waals surface area contributed by atoms with Gasteiger partial charge >= 0.3 is 0 Å². The Morgan fingerprint density at radius 1 is 1.33 bits per heavy atom. The zero-order valence-electron chi connectivity index (χ0n) is 10.2. The summed E-state index contributed by atoms with van der Waals surface area (Å²) in [6.45, 7) is 0.646. The highest BCUT2D eigenvalue weighted by molar-refractivity contribution is 8.76. The first-order valence-electron chi connectivity index (χ1n) is 5.75. The minimum Gasteiger partial charge on any atom is -0.396 e. The quantitative estimate of drug-likeness (QED) is 0.339. The molecule has 98 valence electrons. The molecule has 0 saturated carbocycles. The summed E-state index contributed by atoms with van der Waals surface area (Å²) in [5, 5.41) is 2.83. The standard InChI is InChI=1S/C11H18BN3OS2/c13-6-7-17-18-8-10(14)11(16)15-12-9-4-2-1-3-5-9/h1-5,10,12H,6-8,13-14H2,(H,15,16). The van der Waals surface area contributed by atoms with E-state index in [1.807, 2.05) is 30.3 Å². The number of benzene rings is 1. The molecule has 4 nitrogen and oxygen atoms in total. The lowest BCUT2D eigenvalue weighted by molar-refractivity contribution is -0.120. The summed E-state index contributed by atoms with van der Waals surface area (Å²) in [7, 11) is 3.75. The van der Waals surface area contributed by atoms with Gasteiger partial charge in [0, 0.05) is 18.1 Å². The van der Waals surface area contributed by atoms with Crippen molar-refractivity contribution in [2.24, 2.45) is 11.5 Å². The van der Waals surface area contributed by atoms with Crippen LogP contribution in [0.25, 0.3) is 0 Å². The molecule has 0 bridgehead atoms. The Kier molecular flexibility index (Phi) is 7.99. The topological polar surface area (TPSA) is 81.1 Å². The molecule has 1 atom stereocenters. The smallest absolute Gasteiger partial charge is 0.269 e. The van der Waals surface area contributed by atoms with Crippen LogP contribution in [0.1, 0.15) is 0 Å². The van der Waals surface area contributed by atoms with Gasteiger partial charge in [0.2, 0.25) is 5.91 Å². The van der Waals surface area contributed by atoms with Gasteiger partial charge in [0.1, 0.15) is 0 Å². The third-order valence-electron chi connectivity index (χ3n) is 2.18. The molecule has 18 heavy (non-hydrogen) atoms. The van der Waals surface area contributed by atoms with Crippen molar-refractivity contribution in [3.63, 3.8) is 0 Å². The van der Waals surface area contributed by atoms with Crippen LogP contribution in [-0.2, 0) is 4.79 Å². The van der Waals surface area contributed by atoms with Crippen LogP contribution >= 0.6 is 21.6 Å². The van der Waals surface area contributed by atoms with E-state index in [1.165, 1.54) is 0 Å². The third kappa shape index (κ3) is 6.35. The van der Waals surface area contributed by atoms with Gasteiger partial charge in [-0.3, -0.25) is 4.79 Å². The van der Waals surface area contributed by atoms with Crippen LogP contribution in [0.4, 0.5) is 0 Å². The van der Waals surface area contributed by atoms with Crippen LogP contribution in [-0.4, -0.2) is 37.4 Å². The fraction of sp³-hybridized carbons (Fsp3) is 0.364. The number of nitrogens with two attached hydrogens (primary N) is 2. The summed E-state index contributed by atoms with van der Waals surface area (Å²) < 4.78 is 0. The zero-order valence-corrected chi connectivity index (χ0v) is 11.8. The molecule has 0 heterocycles.